The van der Waals surface area contributed by atoms with Gasteiger partial charge >= 0.3 is 6.18 Å². The SMILES string of the molecule is CC(C)NCc1cncc(-n2cc(C(F)(F)F)cn2)n1. The van der Waals surface area contributed by atoms with Gasteiger partial charge in [0.05, 0.1) is 23.7 Å². The van der Waals surface area contributed by atoms with E-state index in [4.69, 9.17) is 0 Å². The number of aromatic nitrogens is 4. The first-order valence-corrected chi connectivity index (χ1v) is 6.03. The average Bonchev–Trinajstić information content (AvgIpc) is 2.86. The van der Waals surface area contributed by atoms with Crippen molar-refractivity contribution in [2.24, 2.45) is 0 Å². The minimum Gasteiger partial charge on any atom is -0.309 e. The third-order valence-electron chi connectivity index (χ3n) is 2.51. The normalized spacial score (nSPS) is 12.1. The summed E-state index contributed by atoms with van der Waals surface area (Å²) in [5.74, 6) is 0.253. The molecule has 2 aromatic rings. The van der Waals surface area contributed by atoms with Crippen molar-refractivity contribution in [3.05, 3.63) is 36.0 Å². The minimum absolute atomic E-state index is 0.253. The average molecular weight is 285 g/mol. The zero-order chi connectivity index (χ0) is 14.8. The van der Waals surface area contributed by atoms with E-state index in [-0.39, 0.29) is 11.9 Å². The van der Waals surface area contributed by atoms with Gasteiger partial charge in [-0.15, -0.1) is 0 Å². The van der Waals surface area contributed by atoms with Gasteiger partial charge in [0.15, 0.2) is 5.82 Å². The number of nitrogens with zero attached hydrogens (tertiary/aromatic N) is 4. The van der Waals surface area contributed by atoms with Crippen molar-refractivity contribution in [3.63, 3.8) is 0 Å². The van der Waals surface area contributed by atoms with Crippen LogP contribution in [0.15, 0.2) is 24.8 Å². The molecule has 0 spiro atoms. The first-order valence-electron chi connectivity index (χ1n) is 6.03. The van der Waals surface area contributed by atoms with Crippen LogP contribution in [0.2, 0.25) is 0 Å². The van der Waals surface area contributed by atoms with Crippen molar-refractivity contribution < 1.29 is 13.2 Å². The second kappa shape index (κ2) is 5.58. The maximum Gasteiger partial charge on any atom is 0.419 e. The molecule has 0 aromatic carbocycles. The van der Waals surface area contributed by atoms with E-state index in [1.54, 1.807) is 6.20 Å². The van der Waals surface area contributed by atoms with Crippen LogP contribution in [0.4, 0.5) is 13.2 Å². The van der Waals surface area contributed by atoms with Crippen LogP contribution in [0, 0.1) is 0 Å². The molecule has 0 radical (unpaired) electrons. The third-order valence-corrected chi connectivity index (χ3v) is 2.51. The molecular weight excluding hydrogens is 271 g/mol. The molecule has 2 rings (SSSR count). The lowest BCUT2D eigenvalue weighted by atomic mass is 10.3. The van der Waals surface area contributed by atoms with Gasteiger partial charge in [0.25, 0.3) is 0 Å². The van der Waals surface area contributed by atoms with Crippen molar-refractivity contribution >= 4 is 0 Å². The molecule has 0 saturated carbocycles. The van der Waals surface area contributed by atoms with Crippen LogP contribution in [-0.4, -0.2) is 25.8 Å². The van der Waals surface area contributed by atoms with E-state index in [2.05, 4.69) is 20.4 Å². The lowest BCUT2D eigenvalue weighted by molar-refractivity contribution is -0.137. The quantitative estimate of drug-likeness (QED) is 0.935. The Bertz CT molecular complexity index is 576. The maximum absolute atomic E-state index is 12.5. The first-order chi connectivity index (χ1) is 9.36. The molecule has 0 aliphatic heterocycles. The van der Waals surface area contributed by atoms with Crippen LogP contribution < -0.4 is 5.32 Å². The van der Waals surface area contributed by atoms with Crippen LogP contribution in [-0.2, 0) is 12.7 Å². The molecule has 2 heterocycles. The molecule has 108 valence electrons. The molecule has 0 saturated heterocycles. The number of halogens is 3. The van der Waals surface area contributed by atoms with E-state index in [1.165, 1.54) is 6.20 Å². The summed E-state index contributed by atoms with van der Waals surface area (Å²) in [5, 5.41) is 6.82. The highest BCUT2D eigenvalue weighted by molar-refractivity contribution is 5.22. The zero-order valence-electron chi connectivity index (χ0n) is 11.0. The summed E-state index contributed by atoms with van der Waals surface area (Å²) in [6.07, 6.45) is 0.173. The fourth-order valence-electron chi connectivity index (χ4n) is 1.49. The van der Waals surface area contributed by atoms with Gasteiger partial charge in [-0.25, -0.2) is 9.67 Å². The van der Waals surface area contributed by atoms with Gasteiger partial charge in [-0.1, -0.05) is 13.8 Å². The van der Waals surface area contributed by atoms with Crippen molar-refractivity contribution in [1.29, 1.82) is 0 Å². The largest absolute Gasteiger partial charge is 0.419 e. The summed E-state index contributed by atoms with van der Waals surface area (Å²) in [6.45, 7) is 4.46. The van der Waals surface area contributed by atoms with E-state index in [0.717, 1.165) is 17.1 Å². The molecule has 2 aromatic heterocycles. The molecule has 5 nitrogen and oxygen atoms in total. The van der Waals surface area contributed by atoms with Crippen molar-refractivity contribution in [2.45, 2.75) is 32.6 Å². The summed E-state index contributed by atoms with van der Waals surface area (Å²) in [6, 6.07) is 0.280. The summed E-state index contributed by atoms with van der Waals surface area (Å²) in [4.78, 5) is 8.18. The Morgan fingerprint density at radius 3 is 2.60 bits per heavy atom. The number of rotatable bonds is 4. The van der Waals surface area contributed by atoms with Crippen LogP contribution in [0.25, 0.3) is 5.82 Å². The van der Waals surface area contributed by atoms with Gasteiger partial charge < -0.3 is 5.32 Å². The molecule has 0 fully saturated rings. The fourth-order valence-corrected chi connectivity index (χ4v) is 1.49. The molecule has 0 atom stereocenters. The Kier molecular flexibility index (Phi) is 4.03. The van der Waals surface area contributed by atoms with E-state index in [0.29, 0.717) is 12.2 Å². The maximum atomic E-state index is 12.5. The van der Waals surface area contributed by atoms with E-state index in [9.17, 15) is 13.2 Å². The van der Waals surface area contributed by atoms with Gasteiger partial charge in [-0.2, -0.15) is 18.3 Å². The van der Waals surface area contributed by atoms with Gasteiger partial charge in [-0.3, -0.25) is 4.98 Å². The summed E-state index contributed by atoms with van der Waals surface area (Å²) in [5.41, 5.74) is -0.176. The molecule has 0 aliphatic carbocycles. The Morgan fingerprint density at radius 2 is 2.00 bits per heavy atom. The fraction of sp³-hybridized carbons (Fsp3) is 0.417. The summed E-state index contributed by atoms with van der Waals surface area (Å²) < 4.78 is 38.6. The predicted molar refractivity (Wildman–Crippen MR) is 66.1 cm³/mol. The molecule has 20 heavy (non-hydrogen) atoms. The van der Waals surface area contributed by atoms with E-state index < -0.39 is 11.7 Å². The van der Waals surface area contributed by atoms with Crippen LogP contribution in [0.5, 0.6) is 0 Å². The highest BCUT2D eigenvalue weighted by Gasteiger charge is 2.32. The molecule has 0 unspecified atom stereocenters. The Hall–Kier alpha value is -1.96. The number of alkyl halides is 3. The second-order valence-corrected chi connectivity index (χ2v) is 4.58. The number of hydrogen-bond acceptors (Lipinski definition) is 4. The topological polar surface area (TPSA) is 55.6 Å². The van der Waals surface area contributed by atoms with Gasteiger partial charge in [-0.05, 0) is 0 Å². The number of hydrogen-bond donors (Lipinski definition) is 1. The summed E-state index contributed by atoms with van der Waals surface area (Å²) >= 11 is 0. The van der Waals surface area contributed by atoms with Crippen LogP contribution in [0.3, 0.4) is 0 Å². The van der Waals surface area contributed by atoms with Crippen molar-refractivity contribution in [1.82, 2.24) is 25.1 Å². The predicted octanol–water partition coefficient (Wildman–Crippen LogP) is 2.18. The van der Waals surface area contributed by atoms with Gasteiger partial charge in [0.2, 0.25) is 0 Å². The highest BCUT2D eigenvalue weighted by atomic mass is 19.4. The molecule has 0 aliphatic rings. The molecule has 0 bridgehead atoms. The first kappa shape index (κ1) is 14.4. The van der Waals surface area contributed by atoms with Gasteiger partial charge in [0, 0.05) is 25.0 Å². The second-order valence-electron chi connectivity index (χ2n) is 4.58. The zero-order valence-corrected chi connectivity index (χ0v) is 11.0. The Morgan fingerprint density at radius 1 is 1.25 bits per heavy atom. The molecule has 1 N–H and O–H groups in total. The Balaban J connectivity index is 2.20. The van der Waals surface area contributed by atoms with Gasteiger partial charge in [0.1, 0.15) is 0 Å². The third kappa shape index (κ3) is 3.53. The van der Waals surface area contributed by atoms with E-state index >= 15 is 0 Å². The number of nitrogens with one attached hydrogen (secondary N) is 1. The van der Waals surface area contributed by atoms with Crippen molar-refractivity contribution in [3.8, 4) is 5.82 Å². The lowest BCUT2D eigenvalue weighted by Crippen LogP contribution is -2.22. The van der Waals surface area contributed by atoms with E-state index in [1.807, 2.05) is 13.8 Å². The smallest absolute Gasteiger partial charge is 0.309 e. The monoisotopic (exact) mass is 285 g/mol. The van der Waals surface area contributed by atoms with Crippen molar-refractivity contribution in [2.75, 3.05) is 0 Å². The minimum atomic E-state index is -4.41. The summed E-state index contributed by atoms with van der Waals surface area (Å²) in [7, 11) is 0. The highest BCUT2D eigenvalue weighted by Crippen LogP contribution is 2.28. The Labute approximate surface area is 113 Å². The standard InChI is InChI=1S/C12H14F3N5/c1-8(2)17-5-10-4-16-6-11(19-10)20-7-9(3-18-20)12(13,14)15/h3-4,6-8,17H,5H2,1-2H3. The molecular formula is C12H14F3N5. The van der Waals surface area contributed by atoms with Crippen LogP contribution >= 0.6 is 0 Å². The molecule has 8 heteroatoms. The van der Waals surface area contributed by atoms with Crippen LogP contribution in [0.1, 0.15) is 25.1 Å². The molecule has 0 amide bonds. The lowest BCUT2D eigenvalue weighted by Gasteiger charge is -2.08.